The summed E-state index contributed by atoms with van der Waals surface area (Å²) < 4.78 is 16.6. The van der Waals surface area contributed by atoms with E-state index in [2.05, 4.69) is 10.5 Å². The first kappa shape index (κ1) is 16.4. The summed E-state index contributed by atoms with van der Waals surface area (Å²) in [6, 6.07) is 3.97. The summed E-state index contributed by atoms with van der Waals surface area (Å²) in [6.45, 7) is 8.38. The molecular weight excluding hydrogens is 308 g/mol. The second kappa shape index (κ2) is 6.55. The van der Waals surface area contributed by atoms with Crippen LogP contribution in [0.15, 0.2) is 16.7 Å². The number of nitrogens with zero attached hydrogens (tertiary/aromatic N) is 1. The molecule has 0 fully saturated rings. The van der Waals surface area contributed by atoms with Gasteiger partial charge in [-0.05, 0) is 39.8 Å². The maximum Gasteiger partial charge on any atom is 0.257 e. The van der Waals surface area contributed by atoms with Crippen LogP contribution in [0.5, 0.6) is 11.5 Å². The third kappa shape index (κ3) is 3.09. The number of benzene rings is 1. The van der Waals surface area contributed by atoms with E-state index in [-0.39, 0.29) is 12.0 Å². The highest BCUT2D eigenvalue weighted by Crippen LogP contribution is 2.35. The summed E-state index contributed by atoms with van der Waals surface area (Å²) in [5.74, 6) is 1.96. The van der Waals surface area contributed by atoms with Crippen molar-refractivity contribution in [2.45, 2.75) is 46.8 Å². The minimum absolute atomic E-state index is 0.168. The summed E-state index contributed by atoms with van der Waals surface area (Å²) >= 11 is 0. The van der Waals surface area contributed by atoms with Crippen molar-refractivity contribution in [2.75, 3.05) is 6.61 Å². The fourth-order valence-electron chi connectivity index (χ4n) is 2.98. The van der Waals surface area contributed by atoms with E-state index in [1.807, 2.05) is 26.0 Å². The Kier molecular flexibility index (Phi) is 4.46. The normalized spacial score (nSPS) is 15.8. The molecule has 0 unspecified atom stereocenters. The van der Waals surface area contributed by atoms with Gasteiger partial charge in [0.1, 0.15) is 28.9 Å². The van der Waals surface area contributed by atoms with Crippen molar-refractivity contribution in [1.82, 2.24) is 10.5 Å². The van der Waals surface area contributed by atoms with Crippen molar-refractivity contribution >= 4 is 5.91 Å². The molecule has 0 aliphatic carbocycles. The highest BCUT2D eigenvalue weighted by atomic mass is 16.5. The lowest BCUT2D eigenvalue weighted by atomic mass is 10.1. The van der Waals surface area contributed by atoms with E-state index >= 15 is 0 Å². The van der Waals surface area contributed by atoms with Gasteiger partial charge < -0.3 is 19.3 Å². The lowest BCUT2D eigenvalue weighted by Gasteiger charge is -2.13. The Bertz CT molecular complexity index is 747. The quantitative estimate of drug-likeness (QED) is 0.912. The van der Waals surface area contributed by atoms with E-state index in [0.717, 1.165) is 29.0 Å². The molecule has 6 heteroatoms. The molecule has 1 N–H and O–H groups in total. The topological polar surface area (TPSA) is 73.6 Å². The van der Waals surface area contributed by atoms with Gasteiger partial charge in [-0.3, -0.25) is 4.79 Å². The average Bonchev–Trinajstić information content (AvgIpc) is 3.06. The highest BCUT2D eigenvalue weighted by Gasteiger charge is 2.23. The Morgan fingerprint density at radius 2 is 2.21 bits per heavy atom. The Balaban J connectivity index is 1.79. The Hall–Kier alpha value is -2.50. The van der Waals surface area contributed by atoms with Crippen LogP contribution in [0, 0.1) is 13.8 Å². The Morgan fingerprint density at radius 3 is 2.88 bits per heavy atom. The number of nitrogens with one attached hydrogen (secondary N) is 1. The molecule has 0 saturated carbocycles. The predicted molar refractivity (Wildman–Crippen MR) is 88.6 cm³/mol. The molecule has 2 heterocycles. The number of carbonyl (C=O) groups is 1. The zero-order valence-electron chi connectivity index (χ0n) is 14.4. The molecule has 1 aromatic heterocycles. The number of amides is 1. The molecule has 1 atom stereocenters. The van der Waals surface area contributed by atoms with Crippen LogP contribution in [-0.4, -0.2) is 23.8 Å². The maximum absolute atomic E-state index is 12.4. The molecule has 3 rings (SSSR count). The largest absolute Gasteiger partial charge is 0.494 e. The van der Waals surface area contributed by atoms with Gasteiger partial charge >= 0.3 is 0 Å². The molecule has 6 nitrogen and oxygen atoms in total. The molecule has 0 spiro atoms. The maximum atomic E-state index is 12.4. The third-order valence-electron chi connectivity index (χ3n) is 4.08. The zero-order chi connectivity index (χ0) is 17.3. The van der Waals surface area contributed by atoms with Gasteiger partial charge in [0.25, 0.3) is 5.91 Å². The SMILES string of the molecule is CCOc1cc2c(cc1CNC(=O)c1c(C)noc1C)O[C@@H](C)C2. The van der Waals surface area contributed by atoms with Crippen LogP contribution in [0.2, 0.25) is 0 Å². The predicted octanol–water partition coefficient (Wildman–Crippen LogP) is 2.94. The van der Waals surface area contributed by atoms with Crippen molar-refractivity contribution in [3.05, 3.63) is 40.3 Å². The van der Waals surface area contributed by atoms with Crippen LogP contribution < -0.4 is 14.8 Å². The standard InChI is InChI=1S/C18H22N2O4/c1-5-22-15-7-13-6-10(2)23-16(13)8-14(15)9-19-18(21)17-11(3)20-24-12(17)4/h7-8,10H,5-6,9H2,1-4H3,(H,19,21)/t10-/m0/s1. The lowest BCUT2D eigenvalue weighted by molar-refractivity contribution is 0.0948. The van der Waals surface area contributed by atoms with E-state index < -0.39 is 0 Å². The molecule has 1 amide bonds. The first-order valence-corrected chi connectivity index (χ1v) is 8.16. The third-order valence-corrected chi connectivity index (χ3v) is 4.08. The van der Waals surface area contributed by atoms with E-state index in [9.17, 15) is 4.79 Å². The lowest BCUT2D eigenvalue weighted by Crippen LogP contribution is -2.24. The van der Waals surface area contributed by atoms with Gasteiger partial charge in [-0.25, -0.2) is 0 Å². The van der Waals surface area contributed by atoms with Crippen LogP contribution in [0.3, 0.4) is 0 Å². The number of hydrogen-bond donors (Lipinski definition) is 1. The number of hydrogen-bond acceptors (Lipinski definition) is 5. The fourth-order valence-corrected chi connectivity index (χ4v) is 2.98. The van der Waals surface area contributed by atoms with Crippen LogP contribution in [0.1, 0.15) is 46.8 Å². The summed E-state index contributed by atoms with van der Waals surface area (Å²) in [5.41, 5.74) is 3.11. The molecule has 128 valence electrons. The molecule has 24 heavy (non-hydrogen) atoms. The van der Waals surface area contributed by atoms with Crippen molar-refractivity contribution in [2.24, 2.45) is 0 Å². The van der Waals surface area contributed by atoms with Crippen LogP contribution in [-0.2, 0) is 13.0 Å². The number of aryl methyl sites for hydroxylation is 2. The number of aromatic nitrogens is 1. The molecule has 2 aromatic rings. The average molecular weight is 330 g/mol. The summed E-state index contributed by atoms with van der Waals surface area (Å²) in [4.78, 5) is 12.4. The Labute approximate surface area is 141 Å². The van der Waals surface area contributed by atoms with E-state index in [4.69, 9.17) is 14.0 Å². The van der Waals surface area contributed by atoms with E-state index in [1.165, 1.54) is 0 Å². The van der Waals surface area contributed by atoms with Crippen LogP contribution in [0.4, 0.5) is 0 Å². The molecule has 0 bridgehead atoms. The van der Waals surface area contributed by atoms with Crippen LogP contribution >= 0.6 is 0 Å². The summed E-state index contributed by atoms with van der Waals surface area (Å²) in [6.07, 6.45) is 1.04. The van der Waals surface area contributed by atoms with Crippen molar-refractivity contribution < 1.29 is 18.8 Å². The smallest absolute Gasteiger partial charge is 0.257 e. The molecule has 1 aliphatic rings. The minimum Gasteiger partial charge on any atom is -0.494 e. The summed E-state index contributed by atoms with van der Waals surface area (Å²) in [7, 11) is 0. The first-order valence-electron chi connectivity index (χ1n) is 8.16. The minimum atomic E-state index is -0.205. The van der Waals surface area contributed by atoms with Gasteiger partial charge in [-0.1, -0.05) is 5.16 Å². The molecule has 0 radical (unpaired) electrons. The second-order valence-electron chi connectivity index (χ2n) is 6.02. The number of ether oxygens (including phenoxy) is 2. The van der Waals surface area contributed by atoms with Crippen LogP contribution in [0.25, 0.3) is 0 Å². The van der Waals surface area contributed by atoms with Gasteiger partial charge in [0.2, 0.25) is 0 Å². The van der Waals surface area contributed by atoms with Gasteiger partial charge in [-0.2, -0.15) is 0 Å². The summed E-state index contributed by atoms with van der Waals surface area (Å²) in [5, 5.41) is 6.72. The monoisotopic (exact) mass is 330 g/mol. The van der Waals surface area contributed by atoms with Gasteiger partial charge in [0.15, 0.2) is 0 Å². The molecular formula is C18H22N2O4. The van der Waals surface area contributed by atoms with Gasteiger partial charge in [0.05, 0.1) is 12.3 Å². The van der Waals surface area contributed by atoms with Gasteiger partial charge in [0, 0.05) is 24.1 Å². The fraction of sp³-hybridized carbons (Fsp3) is 0.444. The van der Waals surface area contributed by atoms with Crippen molar-refractivity contribution in [3.63, 3.8) is 0 Å². The first-order chi connectivity index (χ1) is 11.5. The molecule has 1 aliphatic heterocycles. The number of rotatable bonds is 5. The van der Waals surface area contributed by atoms with Crippen molar-refractivity contribution in [1.29, 1.82) is 0 Å². The zero-order valence-corrected chi connectivity index (χ0v) is 14.4. The van der Waals surface area contributed by atoms with Gasteiger partial charge in [-0.15, -0.1) is 0 Å². The molecule has 0 saturated heterocycles. The van der Waals surface area contributed by atoms with E-state index in [0.29, 0.717) is 30.2 Å². The van der Waals surface area contributed by atoms with E-state index in [1.54, 1.807) is 13.8 Å². The Morgan fingerprint density at radius 1 is 1.42 bits per heavy atom. The highest BCUT2D eigenvalue weighted by molar-refractivity contribution is 5.96. The van der Waals surface area contributed by atoms with Crippen molar-refractivity contribution in [3.8, 4) is 11.5 Å². The second-order valence-corrected chi connectivity index (χ2v) is 6.02. The number of carbonyl (C=O) groups excluding carboxylic acids is 1. The number of fused-ring (bicyclic) bond motifs is 1. The molecule has 1 aromatic carbocycles.